The quantitative estimate of drug-likeness (QED) is 0.309. The van der Waals surface area contributed by atoms with E-state index in [-0.39, 0.29) is 11.7 Å². The fourth-order valence-corrected chi connectivity index (χ4v) is 4.64. The normalized spacial score (nSPS) is 13.1. The Morgan fingerprint density at radius 1 is 0.824 bits per heavy atom. The zero-order chi connectivity index (χ0) is 23.5. The van der Waals surface area contributed by atoms with E-state index in [9.17, 15) is 9.59 Å². The van der Waals surface area contributed by atoms with Crippen LogP contribution in [-0.2, 0) is 11.2 Å². The molecular weight excluding hydrogens is 424 g/mol. The van der Waals surface area contributed by atoms with Crippen LogP contribution in [0.3, 0.4) is 0 Å². The molecule has 2 atom stereocenters. The van der Waals surface area contributed by atoms with Crippen molar-refractivity contribution in [1.29, 1.82) is 0 Å². The number of aromatic nitrogens is 1. The summed E-state index contributed by atoms with van der Waals surface area (Å²) in [5, 5.41) is 1.89. The van der Waals surface area contributed by atoms with E-state index in [0.29, 0.717) is 23.9 Å². The maximum Gasteiger partial charge on any atom is 0.264 e. The van der Waals surface area contributed by atoms with E-state index in [2.05, 4.69) is 4.98 Å². The van der Waals surface area contributed by atoms with Gasteiger partial charge in [-0.1, -0.05) is 84.9 Å². The highest BCUT2D eigenvalue weighted by Crippen LogP contribution is 2.35. The number of rotatable bonds is 8. The Morgan fingerprint density at radius 3 is 2.32 bits per heavy atom. The summed E-state index contributed by atoms with van der Waals surface area (Å²) in [6, 6.07) is 30.7. The van der Waals surface area contributed by atoms with Crippen LogP contribution in [0.1, 0.15) is 34.2 Å². The molecule has 0 aliphatic rings. The summed E-state index contributed by atoms with van der Waals surface area (Å²) in [6.45, 7) is 0. The van der Waals surface area contributed by atoms with Gasteiger partial charge in [0.2, 0.25) is 11.7 Å². The first-order valence-electron chi connectivity index (χ1n) is 11.3. The second-order valence-corrected chi connectivity index (χ2v) is 8.43. The second kappa shape index (κ2) is 9.32. The van der Waals surface area contributed by atoms with Crippen molar-refractivity contribution >= 4 is 33.6 Å². The summed E-state index contributed by atoms with van der Waals surface area (Å²) in [4.78, 5) is 31.2. The summed E-state index contributed by atoms with van der Waals surface area (Å²) in [5.74, 6) is -2.40. The molecule has 5 heteroatoms. The standard InChI is InChI=1S/C29H24N2O3/c30-28(33)26(22-14-8-12-20-11-4-5-13-21(20)22)23(18-17-19-9-2-1-3-10-19)27(32)29-31-24-15-6-7-16-25(24)34-29/h1-16,23,26H,17-18H2,(H2,30,33)/t23-,26?/m0/s1. The fraction of sp³-hybridized carbons (Fsp3) is 0.138. The van der Waals surface area contributed by atoms with Gasteiger partial charge < -0.3 is 10.2 Å². The summed E-state index contributed by atoms with van der Waals surface area (Å²) in [7, 11) is 0. The molecule has 0 saturated carbocycles. The Morgan fingerprint density at radius 2 is 1.53 bits per heavy atom. The third-order valence-corrected chi connectivity index (χ3v) is 6.30. The predicted molar refractivity (Wildman–Crippen MR) is 132 cm³/mol. The van der Waals surface area contributed by atoms with Gasteiger partial charge in [0.1, 0.15) is 5.52 Å². The van der Waals surface area contributed by atoms with Gasteiger partial charge in [-0.3, -0.25) is 9.59 Å². The molecule has 5 rings (SSSR count). The summed E-state index contributed by atoms with van der Waals surface area (Å²) in [5.41, 5.74) is 8.95. The first-order chi connectivity index (χ1) is 16.6. The minimum Gasteiger partial charge on any atom is -0.434 e. The topological polar surface area (TPSA) is 86.2 Å². The van der Waals surface area contributed by atoms with Crippen LogP contribution in [0.4, 0.5) is 0 Å². The van der Waals surface area contributed by atoms with E-state index < -0.39 is 17.7 Å². The van der Waals surface area contributed by atoms with Crippen LogP contribution in [0.5, 0.6) is 0 Å². The number of benzene rings is 4. The molecule has 34 heavy (non-hydrogen) atoms. The highest BCUT2D eigenvalue weighted by atomic mass is 16.4. The highest BCUT2D eigenvalue weighted by Gasteiger charge is 2.37. The van der Waals surface area contributed by atoms with E-state index in [1.807, 2.05) is 84.9 Å². The number of hydrogen-bond donors (Lipinski definition) is 1. The number of aryl methyl sites for hydroxylation is 1. The van der Waals surface area contributed by atoms with Crippen molar-refractivity contribution in [1.82, 2.24) is 4.98 Å². The number of ketones is 1. The van der Waals surface area contributed by atoms with Gasteiger partial charge in [0.05, 0.1) is 5.92 Å². The van der Waals surface area contributed by atoms with Crippen LogP contribution in [0.2, 0.25) is 0 Å². The highest BCUT2D eigenvalue weighted by molar-refractivity contribution is 6.02. The lowest BCUT2D eigenvalue weighted by atomic mass is 9.77. The SMILES string of the molecule is NC(=O)C(c1cccc2ccccc12)[C@H](CCc1ccccc1)C(=O)c1nc2ccccc2o1. The summed E-state index contributed by atoms with van der Waals surface area (Å²) >= 11 is 0. The largest absolute Gasteiger partial charge is 0.434 e. The molecule has 1 aromatic heterocycles. The lowest BCUT2D eigenvalue weighted by Gasteiger charge is -2.24. The molecule has 1 amide bonds. The van der Waals surface area contributed by atoms with Crippen molar-refractivity contribution in [3.8, 4) is 0 Å². The number of nitrogens with two attached hydrogens (primary N) is 1. The van der Waals surface area contributed by atoms with Gasteiger partial charge in [0.25, 0.3) is 5.89 Å². The Bertz CT molecular complexity index is 1430. The molecule has 2 N–H and O–H groups in total. The molecule has 0 aliphatic carbocycles. The number of hydrogen-bond acceptors (Lipinski definition) is 4. The first-order valence-corrected chi connectivity index (χ1v) is 11.3. The number of fused-ring (bicyclic) bond motifs is 2. The summed E-state index contributed by atoms with van der Waals surface area (Å²) < 4.78 is 5.80. The Kier molecular flexibility index (Phi) is 5.91. The molecule has 0 spiro atoms. The van der Waals surface area contributed by atoms with Gasteiger partial charge >= 0.3 is 0 Å². The van der Waals surface area contributed by atoms with Crippen molar-refractivity contribution in [2.24, 2.45) is 11.7 Å². The number of para-hydroxylation sites is 2. The van der Waals surface area contributed by atoms with Gasteiger partial charge in [-0.05, 0) is 46.9 Å². The van der Waals surface area contributed by atoms with Crippen molar-refractivity contribution in [3.63, 3.8) is 0 Å². The minimum atomic E-state index is -0.822. The molecule has 0 aliphatic heterocycles. The smallest absolute Gasteiger partial charge is 0.264 e. The van der Waals surface area contributed by atoms with Crippen LogP contribution in [0.15, 0.2) is 101 Å². The lowest BCUT2D eigenvalue weighted by Crippen LogP contribution is -2.33. The lowest BCUT2D eigenvalue weighted by molar-refractivity contribution is -0.120. The maximum absolute atomic E-state index is 13.8. The van der Waals surface area contributed by atoms with Crippen LogP contribution < -0.4 is 5.73 Å². The van der Waals surface area contributed by atoms with Crippen LogP contribution in [0, 0.1) is 5.92 Å². The number of carbonyl (C=O) groups is 2. The fourth-order valence-electron chi connectivity index (χ4n) is 4.64. The first kappa shape index (κ1) is 21.6. The average molecular weight is 449 g/mol. The van der Waals surface area contributed by atoms with Crippen LogP contribution in [0.25, 0.3) is 21.9 Å². The van der Waals surface area contributed by atoms with Crippen molar-refractivity contribution in [3.05, 3.63) is 114 Å². The van der Waals surface area contributed by atoms with Crippen molar-refractivity contribution < 1.29 is 14.0 Å². The molecule has 0 bridgehead atoms. The molecule has 1 unspecified atom stereocenters. The monoisotopic (exact) mass is 448 g/mol. The van der Waals surface area contributed by atoms with Crippen LogP contribution in [-0.4, -0.2) is 16.7 Å². The molecule has 0 radical (unpaired) electrons. The minimum absolute atomic E-state index is 0.00532. The molecule has 4 aromatic carbocycles. The van der Waals surface area contributed by atoms with Gasteiger partial charge in [0.15, 0.2) is 5.58 Å². The molecule has 168 valence electrons. The van der Waals surface area contributed by atoms with Crippen molar-refractivity contribution in [2.75, 3.05) is 0 Å². The third-order valence-electron chi connectivity index (χ3n) is 6.30. The molecule has 0 saturated heterocycles. The van der Waals surface area contributed by atoms with E-state index in [0.717, 1.165) is 21.9 Å². The number of nitrogens with zero attached hydrogens (tertiary/aromatic N) is 1. The number of carbonyl (C=O) groups excluding carboxylic acids is 2. The summed E-state index contributed by atoms with van der Waals surface area (Å²) in [6.07, 6.45) is 1.05. The maximum atomic E-state index is 13.8. The van der Waals surface area contributed by atoms with Gasteiger partial charge in [-0.2, -0.15) is 0 Å². The van der Waals surface area contributed by atoms with Crippen molar-refractivity contribution in [2.45, 2.75) is 18.8 Å². The molecule has 0 fully saturated rings. The third kappa shape index (κ3) is 4.20. The number of primary amides is 1. The van der Waals surface area contributed by atoms with E-state index in [4.69, 9.17) is 10.2 Å². The van der Waals surface area contributed by atoms with E-state index in [1.54, 1.807) is 12.1 Å². The zero-order valence-electron chi connectivity index (χ0n) is 18.6. The zero-order valence-corrected chi connectivity index (χ0v) is 18.6. The Hall–Kier alpha value is -4.25. The van der Waals surface area contributed by atoms with E-state index >= 15 is 0 Å². The van der Waals surface area contributed by atoms with Crippen LogP contribution >= 0.6 is 0 Å². The molecule has 5 nitrogen and oxygen atoms in total. The number of Topliss-reactive ketones (excluding diaryl/α,β-unsaturated/α-hetero) is 1. The van der Waals surface area contributed by atoms with Gasteiger partial charge in [-0.15, -0.1) is 0 Å². The number of amides is 1. The number of oxazole rings is 1. The molecular formula is C29H24N2O3. The second-order valence-electron chi connectivity index (χ2n) is 8.43. The van der Waals surface area contributed by atoms with E-state index in [1.165, 1.54) is 0 Å². The molecule has 5 aromatic rings. The average Bonchev–Trinajstić information content (AvgIpc) is 3.31. The Balaban J connectivity index is 1.60. The predicted octanol–water partition coefficient (Wildman–Crippen LogP) is 5.68. The van der Waals surface area contributed by atoms with Gasteiger partial charge in [0, 0.05) is 5.92 Å². The molecule has 1 heterocycles. The van der Waals surface area contributed by atoms with Gasteiger partial charge in [-0.25, -0.2) is 4.98 Å². The Labute approximate surface area is 197 Å².